The fourth-order valence-electron chi connectivity index (χ4n) is 7.29. The Morgan fingerprint density at radius 2 is 1.89 bits per heavy atom. The summed E-state index contributed by atoms with van der Waals surface area (Å²) >= 11 is 6.49. The molecule has 3 unspecified atom stereocenters. The minimum absolute atomic E-state index is 0.0141. The van der Waals surface area contributed by atoms with E-state index in [-0.39, 0.29) is 48.5 Å². The molecule has 2 N–H and O–H groups in total. The highest BCUT2D eigenvalue weighted by Crippen LogP contribution is 2.43. The van der Waals surface area contributed by atoms with Gasteiger partial charge in [-0.2, -0.15) is 41.4 Å². The summed E-state index contributed by atoms with van der Waals surface area (Å²) in [5.74, 6) is -1.95. The van der Waals surface area contributed by atoms with Crippen LogP contribution in [-0.2, 0) is 37.0 Å². The largest absolute Gasteiger partial charge is 0.467 e. The van der Waals surface area contributed by atoms with E-state index in [0.717, 1.165) is 26.1 Å². The van der Waals surface area contributed by atoms with Crippen molar-refractivity contribution in [3.63, 3.8) is 0 Å². The Bertz CT molecular complexity index is 1830. The van der Waals surface area contributed by atoms with Crippen molar-refractivity contribution in [1.82, 2.24) is 29.5 Å². The van der Waals surface area contributed by atoms with E-state index in [1.807, 2.05) is 0 Å². The Balaban J connectivity index is 0.000000461. The molecule has 11 nitrogen and oxygen atoms in total. The highest BCUT2D eigenvalue weighted by Gasteiger charge is 2.41. The van der Waals surface area contributed by atoms with Gasteiger partial charge in [0.05, 0.1) is 54.0 Å². The topological polar surface area (TPSA) is 115 Å². The second-order valence-corrected chi connectivity index (χ2v) is 13.8. The molecule has 290 valence electrons. The quantitative estimate of drug-likeness (QED) is 0.242. The number of hydrogen-bond acceptors (Lipinski definition) is 9. The van der Waals surface area contributed by atoms with Gasteiger partial charge in [0.25, 0.3) is 5.91 Å². The number of hydrogen-bond donors (Lipinski definition) is 1. The van der Waals surface area contributed by atoms with Crippen LogP contribution in [0, 0.1) is 5.82 Å². The lowest BCUT2D eigenvalue weighted by Gasteiger charge is -2.31. The smallest absolute Gasteiger partial charge is 0.416 e. The number of methoxy groups -OCH3 is 1. The number of aryl methyl sites for hydroxylation is 1. The molecule has 53 heavy (non-hydrogen) atoms. The third-order valence-corrected chi connectivity index (χ3v) is 10.1. The van der Waals surface area contributed by atoms with Crippen molar-refractivity contribution in [3.05, 3.63) is 56.7 Å². The number of carbonyl (C=O) groups is 1. The summed E-state index contributed by atoms with van der Waals surface area (Å²) in [6.45, 7) is 0.735. The first kappa shape index (κ1) is 38.7. The predicted molar refractivity (Wildman–Crippen MR) is 176 cm³/mol. The van der Waals surface area contributed by atoms with Crippen molar-refractivity contribution in [2.24, 2.45) is 0 Å². The number of nitrogens with two attached hydrogens (primary N) is 1. The second-order valence-electron chi connectivity index (χ2n) is 13.4. The van der Waals surface area contributed by atoms with E-state index in [9.17, 15) is 35.5 Å². The Kier molecular flexibility index (Phi) is 11.0. The van der Waals surface area contributed by atoms with Crippen LogP contribution in [0.4, 0.5) is 46.6 Å². The zero-order chi connectivity index (χ0) is 38.4. The summed E-state index contributed by atoms with van der Waals surface area (Å²) in [5, 5.41) is 4.05. The van der Waals surface area contributed by atoms with Crippen molar-refractivity contribution in [2.45, 2.75) is 82.5 Å². The maximum absolute atomic E-state index is 15.0. The monoisotopic (exact) mass is 780 g/mol. The van der Waals surface area contributed by atoms with E-state index >= 15 is 4.39 Å². The van der Waals surface area contributed by atoms with E-state index in [1.54, 1.807) is 4.90 Å². The van der Waals surface area contributed by atoms with Gasteiger partial charge >= 0.3 is 18.4 Å². The van der Waals surface area contributed by atoms with Crippen LogP contribution in [0.1, 0.15) is 70.4 Å². The lowest BCUT2D eigenvalue weighted by atomic mass is 9.94. The molecule has 20 heteroatoms. The van der Waals surface area contributed by atoms with E-state index in [4.69, 9.17) is 26.8 Å². The van der Waals surface area contributed by atoms with Gasteiger partial charge in [0.2, 0.25) is 0 Å². The second kappa shape index (κ2) is 15.0. The molecule has 1 amide bonds. The zero-order valence-electron chi connectivity index (χ0n) is 28.7. The van der Waals surface area contributed by atoms with Crippen LogP contribution in [0.5, 0.6) is 6.01 Å². The summed E-state index contributed by atoms with van der Waals surface area (Å²) in [6, 6.07) is 2.03. The van der Waals surface area contributed by atoms with Crippen LogP contribution >= 0.6 is 11.6 Å². The van der Waals surface area contributed by atoms with Gasteiger partial charge in [0, 0.05) is 50.3 Å². The molecular formula is C33H37ClF8N8O3. The number of alkyl halides is 7. The van der Waals surface area contributed by atoms with Crippen LogP contribution in [0.3, 0.4) is 0 Å². The van der Waals surface area contributed by atoms with Crippen molar-refractivity contribution in [2.75, 3.05) is 51.0 Å². The average Bonchev–Trinajstić information content (AvgIpc) is 3.71. The third kappa shape index (κ3) is 8.25. The standard InChI is InChI=1S/C26H25ClF7N7O3.C7H12FN/c1-39(11-25(29,30)31)23(42)21-19(27)16-9-40(6-3-7-41(16)38-21)22-12-10-44-17(8-15(12)36-24(37-22)43-2)18-13(26(32,33)34)4-5-14(35)20(18)28;8-6-4-7-2-1-3-9(7)5-6/h4-5,17H,3,6-11,35H2,1-2H3;6-7H,1-5H2. The lowest BCUT2D eigenvalue weighted by Crippen LogP contribution is -2.36. The maximum atomic E-state index is 15.0. The molecule has 3 aromatic rings. The molecule has 6 heterocycles. The molecule has 0 bridgehead atoms. The van der Waals surface area contributed by atoms with Gasteiger partial charge in [0.15, 0.2) is 11.5 Å². The number of aromatic nitrogens is 4. The molecule has 1 aromatic carbocycles. The van der Waals surface area contributed by atoms with Crippen LogP contribution < -0.4 is 15.4 Å². The molecule has 0 spiro atoms. The Morgan fingerprint density at radius 3 is 2.57 bits per heavy atom. The number of nitrogens with zero attached hydrogens (tertiary/aromatic N) is 7. The van der Waals surface area contributed by atoms with Gasteiger partial charge in [-0.3, -0.25) is 14.4 Å². The maximum Gasteiger partial charge on any atom is 0.416 e. The number of benzene rings is 1. The molecule has 4 aliphatic rings. The van der Waals surface area contributed by atoms with Crippen LogP contribution in [0.2, 0.25) is 5.02 Å². The van der Waals surface area contributed by atoms with Gasteiger partial charge in [-0.15, -0.1) is 0 Å². The van der Waals surface area contributed by atoms with Gasteiger partial charge in [-0.25, -0.2) is 8.78 Å². The molecule has 0 radical (unpaired) electrons. The molecule has 0 aliphatic carbocycles. The Morgan fingerprint density at radius 1 is 1.13 bits per heavy atom. The first-order valence-electron chi connectivity index (χ1n) is 16.9. The van der Waals surface area contributed by atoms with Crippen molar-refractivity contribution in [1.29, 1.82) is 0 Å². The van der Waals surface area contributed by atoms with Gasteiger partial charge < -0.3 is 25.0 Å². The lowest BCUT2D eigenvalue weighted by molar-refractivity contribution is -0.140. The van der Waals surface area contributed by atoms with Crippen LogP contribution in [-0.4, -0.2) is 94.2 Å². The van der Waals surface area contributed by atoms with Crippen LogP contribution in [0.25, 0.3) is 0 Å². The molecule has 2 fully saturated rings. The number of rotatable bonds is 5. The minimum Gasteiger partial charge on any atom is -0.467 e. The van der Waals surface area contributed by atoms with Crippen molar-refractivity contribution >= 4 is 29.0 Å². The molecule has 3 atom stereocenters. The first-order valence-corrected chi connectivity index (χ1v) is 17.2. The van der Waals surface area contributed by atoms with E-state index in [2.05, 4.69) is 20.0 Å². The summed E-state index contributed by atoms with van der Waals surface area (Å²) in [5.41, 5.74) is 3.83. The number of nitrogen functional groups attached to an aromatic ring is 1. The fourth-order valence-corrected chi connectivity index (χ4v) is 7.56. The van der Waals surface area contributed by atoms with E-state index < -0.39 is 59.7 Å². The predicted octanol–water partition coefficient (Wildman–Crippen LogP) is 6.13. The van der Waals surface area contributed by atoms with E-state index in [1.165, 1.54) is 24.6 Å². The zero-order valence-corrected chi connectivity index (χ0v) is 29.5. The van der Waals surface area contributed by atoms with Crippen molar-refractivity contribution < 1.29 is 49.4 Å². The number of carbonyl (C=O) groups excluding carboxylic acids is 1. The number of amides is 1. The van der Waals surface area contributed by atoms with Gasteiger partial charge in [0.1, 0.15) is 18.5 Å². The average molecular weight is 781 g/mol. The number of ether oxygens (including phenoxy) is 2. The number of anilines is 2. The molecule has 0 saturated carbocycles. The molecule has 2 aromatic heterocycles. The highest BCUT2D eigenvalue weighted by molar-refractivity contribution is 6.34. The number of halogens is 9. The summed E-state index contributed by atoms with van der Waals surface area (Å²) in [4.78, 5) is 26.0. The summed E-state index contributed by atoms with van der Waals surface area (Å²) in [7, 11) is 2.29. The molecule has 2 saturated heterocycles. The molecule has 7 rings (SSSR count). The summed E-state index contributed by atoms with van der Waals surface area (Å²) < 4.78 is 120. The van der Waals surface area contributed by atoms with Crippen LogP contribution in [0.15, 0.2) is 12.1 Å². The van der Waals surface area contributed by atoms with Crippen molar-refractivity contribution in [3.8, 4) is 6.01 Å². The first-order chi connectivity index (χ1) is 24.9. The molecular weight excluding hydrogens is 744 g/mol. The summed E-state index contributed by atoms with van der Waals surface area (Å²) in [6.07, 6.45) is -7.88. The third-order valence-electron chi connectivity index (χ3n) is 9.73. The Hall–Kier alpha value is -3.97. The molecule has 4 aliphatic heterocycles. The normalized spacial score (nSPS) is 21.6. The number of fused-ring (bicyclic) bond motifs is 3. The minimum atomic E-state index is -4.88. The van der Waals surface area contributed by atoms with Gasteiger partial charge in [-0.05, 0) is 44.4 Å². The van der Waals surface area contributed by atoms with E-state index in [0.29, 0.717) is 53.6 Å². The Labute approximate surface area is 304 Å². The fraction of sp³-hybridized carbons (Fsp3) is 0.576. The highest BCUT2D eigenvalue weighted by atomic mass is 35.5. The van der Waals surface area contributed by atoms with Gasteiger partial charge in [-0.1, -0.05) is 11.6 Å². The SMILES string of the molecule is COc1nc2c(c(N3CCCn4nc(C(=O)N(C)CC(F)(F)F)c(Cl)c4C3)n1)COC(c1c(C(F)(F)F)ccc(N)c1F)C2.FC1CC2CCCN2C1.